The first-order valence-corrected chi connectivity index (χ1v) is 10.3. The van der Waals surface area contributed by atoms with E-state index in [1.807, 2.05) is 72.8 Å². The largest absolute Gasteiger partial charge is 0.496 e. The number of thioether (sulfide) groups is 1. The molecule has 1 saturated heterocycles. The van der Waals surface area contributed by atoms with E-state index in [-0.39, 0.29) is 23.1 Å². The van der Waals surface area contributed by atoms with E-state index in [9.17, 15) is 9.59 Å². The molecule has 1 aliphatic heterocycles. The van der Waals surface area contributed by atoms with Crippen molar-refractivity contribution >= 4 is 23.6 Å². The Balaban J connectivity index is 1.62. The SMILES string of the molecule is COc1ccccc1CC1C(=O)N(C(=O)c2ccccc2)C1Sc1ccccc1. The van der Waals surface area contributed by atoms with Gasteiger partial charge in [-0.15, -0.1) is 0 Å². The summed E-state index contributed by atoms with van der Waals surface area (Å²) in [5.74, 6) is 0.0827. The molecule has 0 aliphatic carbocycles. The average molecular weight is 404 g/mol. The molecule has 0 spiro atoms. The van der Waals surface area contributed by atoms with Crippen LogP contribution in [0.3, 0.4) is 0 Å². The van der Waals surface area contributed by atoms with Crippen molar-refractivity contribution in [2.24, 2.45) is 5.92 Å². The number of rotatable bonds is 6. The molecule has 0 saturated carbocycles. The molecule has 3 aromatic carbocycles. The Labute approximate surface area is 174 Å². The topological polar surface area (TPSA) is 46.6 Å². The molecule has 2 amide bonds. The number of β-lactam (4-membered cyclic amide) rings is 1. The second-order valence-electron chi connectivity index (χ2n) is 6.82. The van der Waals surface area contributed by atoms with Gasteiger partial charge in [-0.3, -0.25) is 14.5 Å². The van der Waals surface area contributed by atoms with Crippen molar-refractivity contribution in [3.8, 4) is 5.75 Å². The van der Waals surface area contributed by atoms with Gasteiger partial charge in [0.1, 0.15) is 11.1 Å². The van der Waals surface area contributed by atoms with E-state index in [4.69, 9.17) is 4.74 Å². The second-order valence-corrected chi connectivity index (χ2v) is 8.01. The van der Waals surface area contributed by atoms with Crippen molar-refractivity contribution in [1.29, 1.82) is 0 Å². The zero-order chi connectivity index (χ0) is 20.2. The van der Waals surface area contributed by atoms with Crippen LogP contribution in [0.1, 0.15) is 15.9 Å². The van der Waals surface area contributed by atoms with Crippen molar-refractivity contribution in [3.63, 3.8) is 0 Å². The fourth-order valence-corrected chi connectivity index (χ4v) is 4.80. The zero-order valence-electron chi connectivity index (χ0n) is 16.0. The van der Waals surface area contributed by atoms with Gasteiger partial charge in [0.2, 0.25) is 5.91 Å². The van der Waals surface area contributed by atoms with Gasteiger partial charge in [0, 0.05) is 10.5 Å². The van der Waals surface area contributed by atoms with Gasteiger partial charge in [0.15, 0.2) is 0 Å². The number of ether oxygens (including phenoxy) is 1. The highest BCUT2D eigenvalue weighted by molar-refractivity contribution is 8.00. The number of methoxy groups -OCH3 is 1. The molecule has 146 valence electrons. The number of likely N-dealkylation sites (tertiary alicyclic amines) is 1. The number of hydrogen-bond acceptors (Lipinski definition) is 4. The third-order valence-corrected chi connectivity index (χ3v) is 6.35. The van der Waals surface area contributed by atoms with Crippen LogP contribution in [0.25, 0.3) is 0 Å². The first-order valence-electron chi connectivity index (χ1n) is 9.45. The van der Waals surface area contributed by atoms with Crippen molar-refractivity contribution in [1.82, 2.24) is 4.90 Å². The number of imide groups is 1. The highest BCUT2D eigenvalue weighted by atomic mass is 32.2. The molecule has 0 N–H and O–H groups in total. The molecule has 4 nitrogen and oxygen atoms in total. The third-order valence-electron chi connectivity index (χ3n) is 5.03. The summed E-state index contributed by atoms with van der Waals surface area (Å²) < 4.78 is 5.45. The number of hydrogen-bond donors (Lipinski definition) is 0. The van der Waals surface area contributed by atoms with Gasteiger partial charge in [0.25, 0.3) is 5.91 Å². The fraction of sp³-hybridized carbons (Fsp3) is 0.167. The van der Waals surface area contributed by atoms with E-state index < -0.39 is 0 Å². The van der Waals surface area contributed by atoms with Gasteiger partial charge < -0.3 is 4.74 Å². The Bertz CT molecular complexity index is 1010. The van der Waals surface area contributed by atoms with Gasteiger partial charge in [0.05, 0.1) is 13.0 Å². The number of amides is 2. The fourth-order valence-electron chi connectivity index (χ4n) is 3.53. The van der Waals surface area contributed by atoms with Crippen LogP contribution in [-0.2, 0) is 11.2 Å². The van der Waals surface area contributed by atoms with Crippen LogP contribution in [0, 0.1) is 5.92 Å². The predicted molar refractivity (Wildman–Crippen MR) is 114 cm³/mol. The van der Waals surface area contributed by atoms with Crippen molar-refractivity contribution in [3.05, 3.63) is 96.1 Å². The number of carbonyl (C=O) groups is 2. The lowest BCUT2D eigenvalue weighted by Gasteiger charge is -2.45. The minimum Gasteiger partial charge on any atom is -0.496 e. The number of carbonyl (C=O) groups excluding carboxylic acids is 2. The number of para-hydroxylation sites is 1. The summed E-state index contributed by atoms with van der Waals surface area (Å²) in [5.41, 5.74) is 1.49. The van der Waals surface area contributed by atoms with Crippen LogP contribution < -0.4 is 4.74 Å². The molecule has 5 heteroatoms. The van der Waals surface area contributed by atoms with E-state index in [1.165, 1.54) is 4.90 Å². The first-order chi connectivity index (χ1) is 14.2. The summed E-state index contributed by atoms with van der Waals surface area (Å²) in [6.07, 6.45) is 0.534. The lowest BCUT2D eigenvalue weighted by atomic mass is 9.89. The monoisotopic (exact) mass is 403 g/mol. The molecule has 1 heterocycles. The van der Waals surface area contributed by atoms with Crippen molar-refractivity contribution in [2.45, 2.75) is 16.7 Å². The van der Waals surface area contributed by atoms with Gasteiger partial charge in [-0.05, 0) is 42.3 Å². The van der Waals surface area contributed by atoms with Crippen LogP contribution in [-0.4, -0.2) is 29.2 Å². The molecule has 2 unspecified atom stereocenters. The highest BCUT2D eigenvalue weighted by Gasteiger charge is 2.51. The molecule has 3 aromatic rings. The van der Waals surface area contributed by atoms with Crippen molar-refractivity contribution in [2.75, 3.05) is 7.11 Å². The van der Waals surface area contributed by atoms with Crippen molar-refractivity contribution < 1.29 is 14.3 Å². The van der Waals surface area contributed by atoms with Crippen LogP contribution in [0.15, 0.2) is 89.8 Å². The van der Waals surface area contributed by atoms with E-state index >= 15 is 0 Å². The van der Waals surface area contributed by atoms with Crippen LogP contribution in [0.2, 0.25) is 0 Å². The number of nitrogens with zero attached hydrogens (tertiary/aromatic N) is 1. The third kappa shape index (κ3) is 3.91. The predicted octanol–water partition coefficient (Wildman–Crippen LogP) is 4.65. The van der Waals surface area contributed by atoms with Gasteiger partial charge in [-0.2, -0.15) is 0 Å². The van der Waals surface area contributed by atoms with Gasteiger partial charge >= 0.3 is 0 Å². The maximum absolute atomic E-state index is 13.0. The molecule has 0 radical (unpaired) electrons. The highest BCUT2D eigenvalue weighted by Crippen LogP contribution is 2.42. The molecular formula is C24H21NO3S. The Morgan fingerprint density at radius 2 is 1.55 bits per heavy atom. The summed E-state index contributed by atoms with van der Waals surface area (Å²) in [7, 11) is 1.63. The lowest BCUT2D eigenvalue weighted by Crippen LogP contribution is -2.62. The Morgan fingerprint density at radius 1 is 0.931 bits per heavy atom. The molecule has 2 atom stereocenters. The molecule has 0 bridgehead atoms. The zero-order valence-corrected chi connectivity index (χ0v) is 16.8. The quantitative estimate of drug-likeness (QED) is 0.444. The summed E-state index contributed by atoms with van der Waals surface area (Å²) >= 11 is 1.55. The van der Waals surface area contributed by atoms with E-state index in [1.54, 1.807) is 31.0 Å². The van der Waals surface area contributed by atoms with E-state index in [2.05, 4.69) is 0 Å². The van der Waals surface area contributed by atoms with Gasteiger partial charge in [-0.1, -0.05) is 66.4 Å². The normalized spacial score (nSPS) is 18.2. The van der Waals surface area contributed by atoms with Crippen LogP contribution in [0.4, 0.5) is 0 Å². The Hall–Kier alpha value is -3.05. The second kappa shape index (κ2) is 8.53. The minimum absolute atomic E-state index is 0.141. The smallest absolute Gasteiger partial charge is 0.261 e. The average Bonchev–Trinajstić information content (AvgIpc) is 2.78. The van der Waals surface area contributed by atoms with E-state index in [0.717, 1.165) is 16.2 Å². The van der Waals surface area contributed by atoms with Crippen LogP contribution >= 0.6 is 11.8 Å². The summed E-state index contributed by atoms with van der Waals surface area (Å²) in [6, 6.07) is 26.5. The standard InChI is InChI=1S/C24H21NO3S/c1-28-21-15-9-8-12-18(21)16-20-23(27)25(22(26)17-10-4-2-5-11-17)24(20)29-19-13-6-3-7-14-19/h2-15,20,24H,16H2,1H3. The summed E-state index contributed by atoms with van der Waals surface area (Å²) in [4.78, 5) is 28.5. The molecule has 29 heavy (non-hydrogen) atoms. The first kappa shape index (κ1) is 19.3. The maximum Gasteiger partial charge on any atom is 0.261 e. The van der Waals surface area contributed by atoms with Gasteiger partial charge in [-0.25, -0.2) is 0 Å². The van der Waals surface area contributed by atoms with Crippen LogP contribution in [0.5, 0.6) is 5.75 Å². The molecule has 4 rings (SSSR count). The molecule has 0 aromatic heterocycles. The number of benzene rings is 3. The summed E-state index contributed by atoms with van der Waals surface area (Å²) in [6.45, 7) is 0. The summed E-state index contributed by atoms with van der Waals surface area (Å²) in [5, 5.41) is -0.262. The molecular weight excluding hydrogens is 382 g/mol. The Morgan fingerprint density at radius 3 is 2.24 bits per heavy atom. The Kier molecular flexibility index (Phi) is 5.67. The minimum atomic E-state index is -0.288. The van der Waals surface area contributed by atoms with E-state index in [0.29, 0.717) is 12.0 Å². The molecule has 1 fully saturated rings. The lowest BCUT2D eigenvalue weighted by molar-refractivity contribution is -0.145. The maximum atomic E-state index is 13.0. The molecule has 1 aliphatic rings.